The van der Waals surface area contributed by atoms with Crippen LogP contribution < -0.4 is 23.6 Å². The predicted octanol–water partition coefficient (Wildman–Crippen LogP) is 1.09. The van der Waals surface area contributed by atoms with Gasteiger partial charge in [-0.2, -0.15) is 0 Å². The molecular weight excluding hydrogens is 461 g/mol. The van der Waals surface area contributed by atoms with E-state index in [2.05, 4.69) is 13.0 Å². The van der Waals surface area contributed by atoms with Gasteiger partial charge in [0.25, 0.3) is 0 Å². The van der Waals surface area contributed by atoms with Crippen LogP contribution in [0.15, 0.2) is 29.8 Å². The third-order valence-electron chi connectivity index (χ3n) is 6.03. The molecule has 0 saturated carbocycles. The van der Waals surface area contributed by atoms with Crippen LogP contribution in [-0.2, 0) is 14.3 Å². The summed E-state index contributed by atoms with van der Waals surface area (Å²) >= 11 is 5.89. The van der Waals surface area contributed by atoms with Crippen LogP contribution in [0.25, 0.3) is 5.41 Å². The summed E-state index contributed by atoms with van der Waals surface area (Å²) in [6.07, 6.45) is 7.51. The molecule has 9 heteroatoms. The number of hydrogen-bond acceptors (Lipinski definition) is 4. The van der Waals surface area contributed by atoms with Crippen molar-refractivity contribution in [2.75, 3.05) is 26.2 Å². The first-order valence-electron chi connectivity index (χ1n) is 11.9. The summed E-state index contributed by atoms with van der Waals surface area (Å²) in [6, 6.07) is 7.38. The van der Waals surface area contributed by atoms with Crippen LogP contribution in [0.1, 0.15) is 46.0 Å². The van der Waals surface area contributed by atoms with Gasteiger partial charge in [0, 0.05) is 44.0 Å². The first-order valence-corrected chi connectivity index (χ1v) is 12.2. The van der Waals surface area contributed by atoms with Gasteiger partial charge in [0.15, 0.2) is 0 Å². The zero-order valence-corrected chi connectivity index (χ0v) is 21.7. The summed E-state index contributed by atoms with van der Waals surface area (Å²) in [5.74, 6) is 0.402. The van der Waals surface area contributed by atoms with Gasteiger partial charge in [-0.25, -0.2) is 5.57 Å². The third-order valence-corrected chi connectivity index (χ3v) is 6.27. The first-order chi connectivity index (χ1) is 16.2. The number of morpholine rings is 1. The predicted molar refractivity (Wildman–Crippen MR) is 133 cm³/mol. The van der Waals surface area contributed by atoms with Crippen molar-refractivity contribution in [2.45, 2.75) is 64.3 Å². The molecule has 4 rings (SSSR count). The maximum atomic E-state index is 12.1. The molecule has 2 saturated heterocycles. The largest absolute Gasteiger partial charge is 1.00 e. The van der Waals surface area contributed by atoms with E-state index >= 15 is 0 Å². The molecule has 35 heavy (non-hydrogen) atoms. The van der Waals surface area contributed by atoms with E-state index < -0.39 is 0 Å². The number of carbonyl (C=O) groups excluding carboxylic acids is 2. The van der Waals surface area contributed by atoms with Crippen LogP contribution in [0.2, 0.25) is 5.02 Å². The van der Waals surface area contributed by atoms with Crippen LogP contribution in [0.3, 0.4) is 0 Å². The van der Waals surface area contributed by atoms with Gasteiger partial charge in [-0.1, -0.05) is 30.5 Å². The Labute approximate surface area is 225 Å². The number of ether oxygens (including phenoxy) is 2. The number of rotatable bonds is 4. The van der Waals surface area contributed by atoms with E-state index in [1.54, 1.807) is 15.9 Å². The molecular formula is C26H33ClLiN3O4-2. The van der Waals surface area contributed by atoms with E-state index in [4.69, 9.17) is 21.1 Å². The molecule has 1 aromatic rings. The number of piperidine rings is 1. The van der Waals surface area contributed by atoms with Crippen molar-refractivity contribution in [2.24, 2.45) is 0 Å². The standard InChI is InChI=1S/C13H15ClNO2.C13H18N2O2.Li/c1-10(16)15-7-5-12(6-8-15)17-13-4-2-3-11(14)9-13;1-9-7-15(8-10(2)17-9)13(16)12(14)11-5-3-4-6-11;/h2-4,9,12H,1,5-8H2;9-10H,3-5,7-8H2,1-2H3;/q-1;-2;+1/t;9-,10+;. The van der Waals surface area contributed by atoms with Crippen molar-refractivity contribution >= 4 is 29.1 Å². The van der Waals surface area contributed by atoms with Crippen LogP contribution >= 0.6 is 11.6 Å². The SMILES string of the molecule is C[C@@H]1CN(C(=O)C(=[N-])C2=[C-]CCC2)C[C@H](C)O1.[CH2-]C(=O)N1CCC(Oc2cccc(Cl)c2)CC1.[Li+]. The molecule has 2 aliphatic heterocycles. The second-order valence-electron chi connectivity index (χ2n) is 8.98. The summed E-state index contributed by atoms with van der Waals surface area (Å²) in [5, 5.41) is 10.6. The molecule has 3 aliphatic rings. The summed E-state index contributed by atoms with van der Waals surface area (Å²) in [7, 11) is 0. The number of likely N-dealkylation sites (tertiary alicyclic amines) is 1. The monoisotopic (exact) mass is 493 g/mol. The fourth-order valence-electron chi connectivity index (χ4n) is 4.37. The smallest absolute Gasteiger partial charge is 0.900 e. The van der Waals surface area contributed by atoms with Crippen molar-refractivity contribution in [3.05, 3.63) is 53.3 Å². The van der Waals surface area contributed by atoms with E-state index in [1.165, 1.54) is 0 Å². The molecule has 7 nitrogen and oxygen atoms in total. The fraction of sp³-hybridized carbons (Fsp3) is 0.538. The Morgan fingerprint density at radius 3 is 2.37 bits per heavy atom. The Morgan fingerprint density at radius 2 is 1.83 bits per heavy atom. The van der Waals surface area contributed by atoms with Crippen molar-refractivity contribution in [3.63, 3.8) is 0 Å². The summed E-state index contributed by atoms with van der Waals surface area (Å²) in [6.45, 7) is 9.80. The fourth-order valence-corrected chi connectivity index (χ4v) is 4.55. The molecule has 0 unspecified atom stereocenters. The minimum absolute atomic E-state index is 0. The average Bonchev–Trinajstić information content (AvgIpc) is 3.33. The van der Waals surface area contributed by atoms with Crippen LogP contribution in [0.4, 0.5) is 0 Å². The van der Waals surface area contributed by atoms with Gasteiger partial charge in [0.2, 0.25) is 0 Å². The van der Waals surface area contributed by atoms with Gasteiger partial charge in [-0.15, -0.1) is 6.42 Å². The molecule has 2 heterocycles. The van der Waals surface area contributed by atoms with E-state index in [1.807, 2.05) is 32.0 Å². The first kappa shape index (κ1) is 29.3. The van der Waals surface area contributed by atoms with Crippen LogP contribution in [-0.4, -0.2) is 71.8 Å². The Hall–Kier alpha value is -1.91. The number of allylic oxidation sites excluding steroid dienone is 1. The van der Waals surface area contributed by atoms with Crippen molar-refractivity contribution in [1.82, 2.24) is 9.80 Å². The number of benzene rings is 1. The van der Waals surface area contributed by atoms with Crippen LogP contribution in [0.5, 0.6) is 5.75 Å². The van der Waals surface area contributed by atoms with Gasteiger partial charge in [-0.3, -0.25) is 16.6 Å². The summed E-state index contributed by atoms with van der Waals surface area (Å²) in [5.41, 5.74) is 0.561. The Morgan fingerprint density at radius 1 is 1.17 bits per heavy atom. The molecule has 2 fully saturated rings. The number of amides is 2. The maximum absolute atomic E-state index is 12.1. The molecule has 2 atom stereocenters. The van der Waals surface area contributed by atoms with E-state index in [-0.39, 0.29) is 54.7 Å². The topological polar surface area (TPSA) is 81.4 Å². The second-order valence-corrected chi connectivity index (χ2v) is 9.42. The van der Waals surface area contributed by atoms with Gasteiger partial charge in [0.1, 0.15) is 17.8 Å². The average molecular weight is 494 g/mol. The molecule has 0 radical (unpaired) electrons. The van der Waals surface area contributed by atoms with E-state index in [0.717, 1.165) is 37.9 Å². The number of halogens is 1. The molecule has 1 aromatic carbocycles. The number of nitrogens with zero attached hydrogens (tertiary/aromatic N) is 3. The van der Waals surface area contributed by atoms with Gasteiger partial charge < -0.3 is 36.4 Å². The van der Waals surface area contributed by atoms with E-state index in [9.17, 15) is 15.0 Å². The Bertz CT molecular complexity index is 908. The molecule has 0 spiro atoms. The third kappa shape index (κ3) is 8.91. The van der Waals surface area contributed by atoms with Crippen LogP contribution in [0, 0.1) is 13.0 Å². The van der Waals surface area contributed by atoms with Gasteiger partial charge in [0.05, 0.1) is 18.1 Å². The molecule has 1 aliphatic carbocycles. The normalized spacial score (nSPS) is 22.3. The minimum atomic E-state index is -0.281. The summed E-state index contributed by atoms with van der Waals surface area (Å²) in [4.78, 5) is 26.6. The van der Waals surface area contributed by atoms with Gasteiger partial charge in [-0.05, 0) is 32.0 Å². The van der Waals surface area contributed by atoms with Gasteiger partial charge >= 0.3 is 18.9 Å². The maximum Gasteiger partial charge on any atom is 1.00 e. The van der Waals surface area contributed by atoms with Crippen molar-refractivity contribution < 1.29 is 37.9 Å². The van der Waals surface area contributed by atoms with E-state index in [0.29, 0.717) is 36.8 Å². The quantitative estimate of drug-likeness (QED) is 0.357. The molecule has 2 amide bonds. The molecule has 0 bridgehead atoms. The van der Waals surface area contributed by atoms with Crippen molar-refractivity contribution in [1.29, 1.82) is 0 Å². The Kier molecular flexibility index (Phi) is 11.7. The summed E-state index contributed by atoms with van der Waals surface area (Å²) < 4.78 is 11.4. The second kappa shape index (κ2) is 14.0. The van der Waals surface area contributed by atoms with Crippen molar-refractivity contribution in [3.8, 4) is 5.75 Å². The zero-order chi connectivity index (χ0) is 24.7. The molecule has 186 valence electrons. The zero-order valence-electron chi connectivity index (χ0n) is 21.0. The minimum Gasteiger partial charge on any atom is -0.900 e. The number of carbonyl (C=O) groups is 2. The molecule has 0 N–H and O–H groups in total. The number of hydrogen-bond donors (Lipinski definition) is 0. The molecule has 0 aromatic heterocycles. The Balaban J connectivity index is 0.000000240.